The highest BCUT2D eigenvalue weighted by atomic mass is 31.2. The monoisotopic (exact) mass is 140 g/mol. The largest absolute Gasteiger partial charge is 0.358 e. The molecule has 6 heteroatoms. The zero-order valence-corrected chi connectivity index (χ0v) is 5.43. The molecular weight excluding hydrogens is 131 g/mol. The molecule has 4 N–H and O–H groups in total. The topological polar surface area (TPSA) is 87.6 Å². The molecule has 0 heterocycles. The molecule has 0 aromatic carbocycles. The Labute approximate surface area is 47.5 Å². The molecular formula is C2H9N2O3P. The summed E-state index contributed by atoms with van der Waals surface area (Å²) in [6.45, 7) is -0.135. The SMILES string of the molecule is COCOP(N)(N)=O. The number of nitrogens with two attached hydrogens (primary N) is 2. The molecule has 0 bridgehead atoms. The van der Waals surface area contributed by atoms with E-state index in [1.165, 1.54) is 7.11 Å². The Morgan fingerprint density at radius 3 is 2.25 bits per heavy atom. The first kappa shape index (κ1) is 8.07. The third-order valence-electron chi connectivity index (χ3n) is 0.372. The summed E-state index contributed by atoms with van der Waals surface area (Å²) < 4.78 is 18.9. The quantitative estimate of drug-likeness (QED) is 0.412. The molecule has 0 saturated carbocycles. The van der Waals surface area contributed by atoms with Crippen molar-refractivity contribution in [2.75, 3.05) is 13.9 Å². The van der Waals surface area contributed by atoms with E-state index in [-0.39, 0.29) is 6.79 Å². The van der Waals surface area contributed by atoms with Crippen LogP contribution in [0.4, 0.5) is 0 Å². The molecule has 0 radical (unpaired) electrons. The zero-order chi connectivity index (χ0) is 6.62. The minimum absolute atomic E-state index is 0.135. The van der Waals surface area contributed by atoms with Crippen LogP contribution in [0, 0.1) is 0 Å². The fraction of sp³-hybridized carbons (Fsp3) is 1.00. The summed E-state index contributed by atoms with van der Waals surface area (Å²) in [4.78, 5) is 0. The fourth-order valence-corrected chi connectivity index (χ4v) is 0.405. The van der Waals surface area contributed by atoms with Gasteiger partial charge in [0, 0.05) is 7.11 Å². The maximum atomic E-state index is 10.2. The van der Waals surface area contributed by atoms with E-state index in [1.54, 1.807) is 0 Å². The Morgan fingerprint density at radius 2 is 2.12 bits per heavy atom. The lowest BCUT2D eigenvalue weighted by Crippen LogP contribution is -2.09. The first-order chi connectivity index (χ1) is 3.56. The minimum atomic E-state index is -3.31. The molecule has 0 fully saturated rings. The van der Waals surface area contributed by atoms with Gasteiger partial charge in [-0.3, -0.25) is 9.09 Å². The maximum Gasteiger partial charge on any atom is 0.337 e. The van der Waals surface area contributed by atoms with Crippen LogP contribution >= 0.6 is 7.67 Å². The van der Waals surface area contributed by atoms with E-state index in [4.69, 9.17) is 11.0 Å². The van der Waals surface area contributed by atoms with Gasteiger partial charge in [0.25, 0.3) is 0 Å². The van der Waals surface area contributed by atoms with Gasteiger partial charge in [-0.2, -0.15) is 0 Å². The normalized spacial score (nSPS) is 11.9. The van der Waals surface area contributed by atoms with Gasteiger partial charge in [-0.15, -0.1) is 0 Å². The molecule has 0 aliphatic carbocycles. The molecule has 0 aromatic rings. The van der Waals surface area contributed by atoms with Crippen molar-refractivity contribution in [2.45, 2.75) is 0 Å². The summed E-state index contributed by atoms with van der Waals surface area (Å²) in [6, 6.07) is 0. The molecule has 0 aliphatic rings. The van der Waals surface area contributed by atoms with Gasteiger partial charge < -0.3 is 4.74 Å². The van der Waals surface area contributed by atoms with Crippen LogP contribution in [0.5, 0.6) is 0 Å². The predicted octanol–water partition coefficient (Wildman–Crippen LogP) is -0.368. The Kier molecular flexibility index (Phi) is 3.19. The highest BCUT2D eigenvalue weighted by Gasteiger charge is 2.05. The molecule has 0 aromatic heterocycles. The van der Waals surface area contributed by atoms with Gasteiger partial charge in [-0.1, -0.05) is 0 Å². The number of ether oxygens (including phenoxy) is 1. The molecule has 0 saturated heterocycles. The number of rotatable bonds is 3. The molecule has 50 valence electrons. The van der Waals surface area contributed by atoms with Crippen molar-refractivity contribution in [3.63, 3.8) is 0 Å². The molecule has 0 aliphatic heterocycles. The van der Waals surface area contributed by atoms with Gasteiger partial charge in [0.1, 0.15) is 0 Å². The molecule has 5 nitrogen and oxygen atoms in total. The predicted molar refractivity (Wildman–Crippen MR) is 28.9 cm³/mol. The van der Waals surface area contributed by atoms with Crippen LogP contribution in [0.2, 0.25) is 0 Å². The third kappa shape index (κ3) is 6.07. The summed E-state index contributed by atoms with van der Waals surface area (Å²) in [5.41, 5.74) is 9.51. The van der Waals surface area contributed by atoms with Gasteiger partial charge in [0.2, 0.25) is 0 Å². The summed E-state index contributed by atoms with van der Waals surface area (Å²) >= 11 is 0. The van der Waals surface area contributed by atoms with Gasteiger partial charge in [-0.25, -0.2) is 11.0 Å². The molecule has 0 amide bonds. The van der Waals surface area contributed by atoms with Crippen LogP contribution in [0.3, 0.4) is 0 Å². The van der Waals surface area contributed by atoms with E-state index in [0.29, 0.717) is 0 Å². The van der Waals surface area contributed by atoms with Gasteiger partial charge >= 0.3 is 7.67 Å². The Bertz CT molecular complexity index is 99.5. The van der Waals surface area contributed by atoms with Crippen LogP contribution in [0.1, 0.15) is 0 Å². The highest BCUT2D eigenvalue weighted by Crippen LogP contribution is 2.25. The van der Waals surface area contributed by atoms with Crippen molar-refractivity contribution in [3.05, 3.63) is 0 Å². The Hall–Kier alpha value is 0.0700. The van der Waals surface area contributed by atoms with Crippen molar-refractivity contribution in [1.82, 2.24) is 0 Å². The molecule has 8 heavy (non-hydrogen) atoms. The summed E-state index contributed by atoms with van der Waals surface area (Å²) in [7, 11) is -1.92. The van der Waals surface area contributed by atoms with Gasteiger partial charge in [-0.05, 0) is 0 Å². The average Bonchev–Trinajstić information content (AvgIpc) is 1.59. The van der Waals surface area contributed by atoms with E-state index < -0.39 is 7.67 Å². The molecule has 0 rings (SSSR count). The van der Waals surface area contributed by atoms with Crippen molar-refractivity contribution in [1.29, 1.82) is 0 Å². The summed E-state index contributed by atoms with van der Waals surface area (Å²) in [5.74, 6) is 0. The summed E-state index contributed by atoms with van der Waals surface area (Å²) in [6.07, 6.45) is 0. The number of methoxy groups -OCH3 is 1. The van der Waals surface area contributed by atoms with Crippen LogP contribution in [-0.2, 0) is 13.8 Å². The second kappa shape index (κ2) is 3.17. The lowest BCUT2D eigenvalue weighted by molar-refractivity contribution is 0.0532. The second-order valence-corrected chi connectivity index (χ2v) is 2.73. The van der Waals surface area contributed by atoms with E-state index in [1.807, 2.05) is 0 Å². The molecule has 0 atom stereocenters. The molecule has 0 unspecified atom stereocenters. The smallest absolute Gasteiger partial charge is 0.337 e. The highest BCUT2D eigenvalue weighted by molar-refractivity contribution is 7.53. The lowest BCUT2D eigenvalue weighted by Gasteiger charge is -2.04. The van der Waals surface area contributed by atoms with Crippen LogP contribution in [-0.4, -0.2) is 13.9 Å². The first-order valence-electron chi connectivity index (χ1n) is 1.87. The molecule has 0 spiro atoms. The van der Waals surface area contributed by atoms with Gasteiger partial charge in [0.15, 0.2) is 6.79 Å². The average molecular weight is 140 g/mol. The van der Waals surface area contributed by atoms with E-state index in [0.717, 1.165) is 0 Å². The van der Waals surface area contributed by atoms with E-state index in [9.17, 15) is 4.57 Å². The van der Waals surface area contributed by atoms with Crippen LogP contribution in [0.15, 0.2) is 0 Å². The van der Waals surface area contributed by atoms with Crippen molar-refractivity contribution in [2.24, 2.45) is 11.0 Å². The van der Waals surface area contributed by atoms with Crippen molar-refractivity contribution in [3.8, 4) is 0 Å². The van der Waals surface area contributed by atoms with Crippen molar-refractivity contribution < 1.29 is 13.8 Å². The van der Waals surface area contributed by atoms with Crippen LogP contribution < -0.4 is 11.0 Å². The third-order valence-corrected chi connectivity index (χ3v) is 0.881. The first-order valence-corrected chi connectivity index (χ1v) is 3.63. The maximum absolute atomic E-state index is 10.2. The fourth-order valence-electron chi connectivity index (χ4n) is 0.135. The minimum Gasteiger partial charge on any atom is -0.358 e. The Morgan fingerprint density at radius 1 is 1.62 bits per heavy atom. The van der Waals surface area contributed by atoms with Crippen LogP contribution in [0.25, 0.3) is 0 Å². The van der Waals surface area contributed by atoms with Gasteiger partial charge in [0.05, 0.1) is 0 Å². The Balaban J connectivity index is 3.26. The van der Waals surface area contributed by atoms with E-state index in [2.05, 4.69) is 9.26 Å². The van der Waals surface area contributed by atoms with Crippen molar-refractivity contribution >= 4 is 7.67 Å². The van der Waals surface area contributed by atoms with E-state index >= 15 is 0 Å². The second-order valence-electron chi connectivity index (χ2n) is 1.18. The number of hydrogen-bond donors (Lipinski definition) is 2. The summed E-state index contributed by atoms with van der Waals surface area (Å²) in [5, 5.41) is 0. The standard InChI is InChI=1S/C2H9N2O3P/c1-6-2-7-8(3,4)5/h2H2,1H3,(H4,3,4,5). The zero-order valence-electron chi connectivity index (χ0n) is 4.53. The number of hydrogen-bond acceptors (Lipinski definition) is 3. The lowest BCUT2D eigenvalue weighted by atomic mass is 11.4.